The summed E-state index contributed by atoms with van der Waals surface area (Å²) in [7, 11) is 0. The van der Waals surface area contributed by atoms with E-state index in [4.69, 9.17) is 4.74 Å². The van der Waals surface area contributed by atoms with Gasteiger partial charge >= 0.3 is 0 Å². The van der Waals surface area contributed by atoms with E-state index in [1.54, 1.807) is 0 Å². The molecule has 0 amide bonds. The average molecular weight is 187 g/mol. The number of rotatable bonds is 0. The van der Waals surface area contributed by atoms with Gasteiger partial charge in [-0.25, -0.2) is 0 Å². The van der Waals surface area contributed by atoms with Gasteiger partial charge in [-0.1, -0.05) is 24.3 Å². The monoisotopic (exact) mass is 187 g/mol. The Labute approximate surface area is 83.7 Å². The molecule has 2 nitrogen and oxygen atoms in total. The SMILES string of the molecule is C1=CC2=CN=C3CCOCC3C2C=C1. The fourth-order valence-corrected chi connectivity index (χ4v) is 2.37. The number of allylic oxidation sites excluding steroid dienone is 5. The van der Waals surface area contributed by atoms with Crippen molar-refractivity contribution in [3.63, 3.8) is 0 Å². The molecular weight excluding hydrogens is 174 g/mol. The second-order valence-electron chi connectivity index (χ2n) is 3.95. The molecule has 1 saturated heterocycles. The molecule has 0 radical (unpaired) electrons. The molecule has 2 unspecified atom stereocenters. The number of hydrogen-bond donors (Lipinski definition) is 0. The predicted octanol–water partition coefficient (Wildman–Crippen LogP) is 2.10. The van der Waals surface area contributed by atoms with Crippen molar-refractivity contribution in [1.82, 2.24) is 0 Å². The van der Waals surface area contributed by atoms with E-state index in [0.717, 1.165) is 19.6 Å². The van der Waals surface area contributed by atoms with Crippen molar-refractivity contribution in [2.45, 2.75) is 6.42 Å². The van der Waals surface area contributed by atoms with Crippen LogP contribution in [0.25, 0.3) is 0 Å². The Hall–Kier alpha value is -1.15. The van der Waals surface area contributed by atoms with Crippen LogP contribution in [0.15, 0.2) is 41.1 Å². The third-order valence-electron chi connectivity index (χ3n) is 3.14. The van der Waals surface area contributed by atoms with Gasteiger partial charge in [0.1, 0.15) is 0 Å². The van der Waals surface area contributed by atoms with Crippen molar-refractivity contribution in [3.05, 3.63) is 36.1 Å². The summed E-state index contributed by atoms with van der Waals surface area (Å²) in [6, 6.07) is 0. The van der Waals surface area contributed by atoms with Crippen molar-refractivity contribution in [3.8, 4) is 0 Å². The van der Waals surface area contributed by atoms with E-state index in [0.29, 0.717) is 11.8 Å². The summed E-state index contributed by atoms with van der Waals surface area (Å²) in [5.74, 6) is 0.998. The number of nitrogens with zero attached hydrogens (tertiary/aromatic N) is 1. The Kier molecular flexibility index (Phi) is 1.88. The van der Waals surface area contributed by atoms with Crippen LogP contribution in [0.2, 0.25) is 0 Å². The van der Waals surface area contributed by atoms with Crippen molar-refractivity contribution in [2.24, 2.45) is 16.8 Å². The highest BCUT2D eigenvalue weighted by molar-refractivity contribution is 5.90. The Morgan fingerprint density at radius 3 is 3.36 bits per heavy atom. The summed E-state index contributed by atoms with van der Waals surface area (Å²) in [6.45, 7) is 1.67. The fourth-order valence-electron chi connectivity index (χ4n) is 2.37. The van der Waals surface area contributed by atoms with Crippen LogP contribution < -0.4 is 0 Å². The second kappa shape index (κ2) is 3.21. The largest absolute Gasteiger partial charge is 0.380 e. The minimum Gasteiger partial charge on any atom is -0.380 e. The van der Waals surface area contributed by atoms with Gasteiger partial charge in [-0.2, -0.15) is 0 Å². The minimum absolute atomic E-state index is 0.491. The van der Waals surface area contributed by atoms with Gasteiger partial charge in [0.25, 0.3) is 0 Å². The van der Waals surface area contributed by atoms with Gasteiger partial charge in [0, 0.05) is 30.2 Å². The first-order valence-corrected chi connectivity index (χ1v) is 5.14. The molecular formula is C12H13NO. The zero-order valence-electron chi connectivity index (χ0n) is 8.02. The van der Waals surface area contributed by atoms with Gasteiger partial charge in [0.05, 0.1) is 13.2 Å². The first kappa shape index (κ1) is 8.18. The van der Waals surface area contributed by atoms with Gasteiger partial charge in [0.15, 0.2) is 0 Å². The molecule has 0 aromatic rings. The molecule has 2 heterocycles. The van der Waals surface area contributed by atoms with Gasteiger partial charge in [-0.05, 0) is 5.57 Å². The topological polar surface area (TPSA) is 21.6 Å². The smallest absolute Gasteiger partial charge is 0.0555 e. The molecule has 3 aliphatic rings. The number of ether oxygens (including phenoxy) is 1. The normalized spacial score (nSPS) is 34.3. The highest BCUT2D eigenvalue weighted by atomic mass is 16.5. The fraction of sp³-hybridized carbons (Fsp3) is 0.417. The molecule has 0 spiro atoms. The highest BCUT2D eigenvalue weighted by Gasteiger charge is 2.32. The Bertz CT molecular complexity index is 363. The first-order chi connectivity index (χ1) is 6.95. The highest BCUT2D eigenvalue weighted by Crippen LogP contribution is 2.33. The van der Waals surface area contributed by atoms with E-state index in [-0.39, 0.29) is 0 Å². The summed E-state index contributed by atoms with van der Waals surface area (Å²) < 4.78 is 5.52. The van der Waals surface area contributed by atoms with Crippen LogP contribution in [0.4, 0.5) is 0 Å². The van der Waals surface area contributed by atoms with Crippen molar-refractivity contribution in [1.29, 1.82) is 0 Å². The zero-order valence-corrected chi connectivity index (χ0v) is 8.02. The third-order valence-corrected chi connectivity index (χ3v) is 3.14. The lowest BCUT2D eigenvalue weighted by molar-refractivity contribution is 0.0967. The summed E-state index contributed by atoms with van der Waals surface area (Å²) in [6.07, 6.45) is 11.6. The average Bonchev–Trinajstić information content (AvgIpc) is 2.29. The Morgan fingerprint density at radius 2 is 2.36 bits per heavy atom. The molecule has 0 bridgehead atoms. The summed E-state index contributed by atoms with van der Waals surface area (Å²) in [5.41, 5.74) is 2.65. The van der Waals surface area contributed by atoms with Crippen molar-refractivity contribution >= 4 is 5.71 Å². The maximum atomic E-state index is 5.52. The van der Waals surface area contributed by atoms with Crippen LogP contribution >= 0.6 is 0 Å². The molecule has 2 aliphatic heterocycles. The van der Waals surface area contributed by atoms with Gasteiger partial charge in [0.2, 0.25) is 0 Å². The predicted molar refractivity (Wildman–Crippen MR) is 56.2 cm³/mol. The van der Waals surface area contributed by atoms with Gasteiger partial charge in [-0.3, -0.25) is 4.99 Å². The molecule has 0 aromatic carbocycles. The molecule has 72 valence electrons. The van der Waals surface area contributed by atoms with E-state index in [2.05, 4.69) is 29.3 Å². The van der Waals surface area contributed by atoms with E-state index in [1.165, 1.54) is 11.3 Å². The van der Waals surface area contributed by atoms with Crippen LogP contribution in [-0.2, 0) is 4.74 Å². The molecule has 3 rings (SSSR count). The van der Waals surface area contributed by atoms with Gasteiger partial charge < -0.3 is 4.74 Å². The zero-order chi connectivity index (χ0) is 9.38. The second-order valence-corrected chi connectivity index (χ2v) is 3.95. The summed E-state index contributed by atoms with van der Waals surface area (Å²) >= 11 is 0. The number of fused-ring (bicyclic) bond motifs is 3. The first-order valence-electron chi connectivity index (χ1n) is 5.14. The van der Waals surface area contributed by atoms with Crippen LogP contribution in [0.1, 0.15) is 6.42 Å². The Balaban J connectivity index is 1.98. The van der Waals surface area contributed by atoms with Crippen molar-refractivity contribution in [2.75, 3.05) is 13.2 Å². The van der Waals surface area contributed by atoms with Crippen LogP contribution in [-0.4, -0.2) is 18.9 Å². The van der Waals surface area contributed by atoms with Gasteiger partial charge in [-0.15, -0.1) is 0 Å². The lowest BCUT2D eigenvalue weighted by Crippen LogP contribution is -2.35. The maximum Gasteiger partial charge on any atom is 0.0555 e. The lowest BCUT2D eigenvalue weighted by atomic mass is 9.78. The molecule has 0 N–H and O–H groups in total. The summed E-state index contributed by atoms with van der Waals surface area (Å²) in [4.78, 5) is 4.53. The molecule has 2 heteroatoms. The lowest BCUT2D eigenvalue weighted by Gasteiger charge is -2.33. The minimum atomic E-state index is 0.491. The maximum absolute atomic E-state index is 5.52. The van der Waals surface area contributed by atoms with E-state index in [9.17, 15) is 0 Å². The standard InChI is InChI=1S/C12H13NO/c1-2-4-10-9(3-1)7-13-12-5-6-14-8-11(10)12/h1-4,7,10-11H,5-6,8H2. The van der Waals surface area contributed by atoms with Crippen LogP contribution in [0, 0.1) is 11.8 Å². The summed E-state index contributed by atoms with van der Waals surface area (Å²) in [5, 5.41) is 0. The molecule has 2 atom stereocenters. The van der Waals surface area contributed by atoms with Crippen LogP contribution in [0.5, 0.6) is 0 Å². The van der Waals surface area contributed by atoms with E-state index in [1.807, 2.05) is 6.20 Å². The van der Waals surface area contributed by atoms with Crippen LogP contribution in [0.3, 0.4) is 0 Å². The molecule has 0 saturated carbocycles. The van der Waals surface area contributed by atoms with E-state index >= 15 is 0 Å². The molecule has 1 fully saturated rings. The number of hydrogen-bond acceptors (Lipinski definition) is 2. The van der Waals surface area contributed by atoms with E-state index < -0.39 is 0 Å². The molecule has 14 heavy (non-hydrogen) atoms. The Morgan fingerprint density at radius 1 is 1.36 bits per heavy atom. The number of aliphatic imine (C=N–C) groups is 1. The van der Waals surface area contributed by atoms with Crippen molar-refractivity contribution < 1.29 is 4.74 Å². The molecule has 1 aliphatic carbocycles. The quantitative estimate of drug-likeness (QED) is 0.569. The molecule has 0 aromatic heterocycles. The third kappa shape index (κ3) is 1.18.